The standard InChI is InChI=1S/C14H16N4OS/c1-10-3-2-4-11(9-10)19-8-7-17-14-16-6-5-12(18-14)13(15)20/h2-6,9H,7-8H2,1H3,(H2,15,20)(H,16,17,18). The molecule has 20 heavy (non-hydrogen) atoms. The van der Waals surface area contributed by atoms with Crippen molar-refractivity contribution < 1.29 is 4.74 Å². The second kappa shape index (κ2) is 6.81. The summed E-state index contributed by atoms with van der Waals surface area (Å²) in [6, 6.07) is 9.59. The maximum Gasteiger partial charge on any atom is 0.223 e. The summed E-state index contributed by atoms with van der Waals surface area (Å²) in [5, 5.41) is 3.06. The Morgan fingerprint density at radius 2 is 2.25 bits per heavy atom. The molecule has 0 saturated heterocycles. The van der Waals surface area contributed by atoms with Crippen LogP contribution in [-0.2, 0) is 0 Å². The van der Waals surface area contributed by atoms with E-state index in [1.807, 2.05) is 31.2 Å². The summed E-state index contributed by atoms with van der Waals surface area (Å²) < 4.78 is 5.62. The number of hydrogen-bond donors (Lipinski definition) is 2. The summed E-state index contributed by atoms with van der Waals surface area (Å²) in [5.74, 6) is 1.34. The van der Waals surface area contributed by atoms with Crippen LogP contribution in [0.2, 0.25) is 0 Å². The Hall–Kier alpha value is -2.21. The number of nitrogens with one attached hydrogen (secondary N) is 1. The minimum Gasteiger partial charge on any atom is -0.492 e. The van der Waals surface area contributed by atoms with Crippen LogP contribution in [0.15, 0.2) is 36.5 Å². The minimum absolute atomic E-state index is 0.256. The first kappa shape index (κ1) is 14.2. The fraction of sp³-hybridized carbons (Fsp3) is 0.214. The molecule has 0 aliphatic carbocycles. The molecule has 0 fully saturated rings. The van der Waals surface area contributed by atoms with Gasteiger partial charge in [0.15, 0.2) is 0 Å². The third kappa shape index (κ3) is 4.17. The lowest BCUT2D eigenvalue weighted by Crippen LogP contribution is -2.16. The Kier molecular flexibility index (Phi) is 4.84. The molecule has 0 atom stereocenters. The number of aromatic nitrogens is 2. The van der Waals surface area contributed by atoms with Crippen molar-refractivity contribution in [2.75, 3.05) is 18.5 Å². The Labute approximate surface area is 123 Å². The Balaban J connectivity index is 1.81. The van der Waals surface area contributed by atoms with Gasteiger partial charge in [0, 0.05) is 6.20 Å². The quantitative estimate of drug-likeness (QED) is 0.625. The number of ether oxygens (including phenoxy) is 1. The zero-order valence-corrected chi connectivity index (χ0v) is 12.0. The number of rotatable bonds is 6. The van der Waals surface area contributed by atoms with Crippen LogP contribution in [0.5, 0.6) is 5.75 Å². The van der Waals surface area contributed by atoms with Gasteiger partial charge < -0.3 is 15.8 Å². The second-order valence-electron chi connectivity index (χ2n) is 4.22. The molecule has 1 aromatic carbocycles. The van der Waals surface area contributed by atoms with Crippen molar-refractivity contribution in [1.82, 2.24) is 9.97 Å². The summed E-state index contributed by atoms with van der Waals surface area (Å²) in [7, 11) is 0. The highest BCUT2D eigenvalue weighted by atomic mass is 32.1. The fourth-order valence-corrected chi connectivity index (χ4v) is 1.73. The molecule has 1 heterocycles. The third-order valence-electron chi connectivity index (χ3n) is 2.55. The molecule has 0 unspecified atom stereocenters. The van der Waals surface area contributed by atoms with Gasteiger partial charge in [-0.15, -0.1) is 0 Å². The SMILES string of the molecule is Cc1cccc(OCCNc2nccc(C(N)=S)n2)c1. The first-order valence-corrected chi connectivity index (χ1v) is 6.62. The molecule has 0 bridgehead atoms. The number of anilines is 1. The predicted molar refractivity (Wildman–Crippen MR) is 83.1 cm³/mol. The molecule has 0 aliphatic rings. The fourth-order valence-electron chi connectivity index (χ4n) is 1.62. The molecule has 104 valence electrons. The van der Waals surface area contributed by atoms with E-state index in [9.17, 15) is 0 Å². The number of nitrogens with two attached hydrogens (primary N) is 1. The van der Waals surface area contributed by atoms with Gasteiger partial charge >= 0.3 is 0 Å². The summed E-state index contributed by atoms with van der Waals surface area (Å²) in [4.78, 5) is 8.53. The summed E-state index contributed by atoms with van der Waals surface area (Å²) in [6.45, 7) is 3.14. The van der Waals surface area contributed by atoms with Gasteiger partial charge in [-0.2, -0.15) is 0 Å². The third-order valence-corrected chi connectivity index (χ3v) is 2.76. The van der Waals surface area contributed by atoms with Gasteiger partial charge in [0.1, 0.15) is 23.0 Å². The molecule has 2 aromatic rings. The maximum absolute atomic E-state index is 5.62. The summed E-state index contributed by atoms with van der Waals surface area (Å²) in [5.41, 5.74) is 7.24. The van der Waals surface area contributed by atoms with E-state index in [2.05, 4.69) is 15.3 Å². The van der Waals surface area contributed by atoms with Crippen LogP contribution in [0, 0.1) is 6.92 Å². The first-order valence-electron chi connectivity index (χ1n) is 6.21. The van der Waals surface area contributed by atoms with Crippen molar-refractivity contribution in [3.05, 3.63) is 47.8 Å². The topological polar surface area (TPSA) is 73.1 Å². The zero-order chi connectivity index (χ0) is 14.4. The highest BCUT2D eigenvalue weighted by Crippen LogP contribution is 2.11. The Bertz CT molecular complexity index is 603. The number of aryl methyl sites for hydroxylation is 1. The molecule has 2 rings (SSSR count). The highest BCUT2D eigenvalue weighted by molar-refractivity contribution is 7.80. The van der Waals surface area contributed by atoms with Crippen LogP contribution < -0.4 is 15.8 Å². The van der Waals surface area contributed by atoms with Gasteiger partial charge in [-0.1, -0.05) is 24.4 Å². The Morgan fingerprint density at radius 1 is 1.40 bits per heavy atom. The number of hydrogen-bond acceptors (Lipinski definition) is 5. The van der Waals surface area contributed by atoms with Crippen LogP contribution in [0.3, 0.4) is 0 Å². The van der Waals surface area contributed by atoms with E-state index in [1.165, 1.54) is 5.56 Å². The van der Waals surface area contributed by atoms with E-state index in [-0.39, 0.29) is 4.99 Å². The second-order valence-corrected chi connectivity index (χ2v) is 4.66. The number of benzene rings is 1. The average Bonchev–Trinajstić information content (AvgIpc) is 2.44. The highest BCUT2D eigenvalue weighted by Gasteiger charge is 2.01. The zero-order valence-electron chi connectivity index (χ0n) is 11.2. The van der Waals surface area contributed by atoms with Crippen molar-refractivity contribution in [3.8, 4) is 5.75 Å². The molecule has 0 saturated carbocycles. The van der Waals surface area contributed by atoms with Gasteiger partial charge in [0.2, 0.25) is 5.95 Å². The number of nitrogens with zero attached hydrogens (tertiary/aromatic N) is 2. The van der Waals surface area contributed by atoms with Gasteiger partial charge in [0.25, 0.3) is 0 Å². The van der Waals surface area contributed by atoms with E-state index in [0.29, 0.717) is 24.8 Å². The lowest BCUT2D eigenvalue weighted by Gasteiger charge is -2.08. The molecule has 0 aliphatic heterocycles. The molecular weight excluding hydrogens is 272 g/mol. The van der Waals surface area contributed by atoms with Crippen molar-refractivity contribution in [3.63, 3.8) is 0 Å². The summed E-state index contributed by atoms with van der Waals surface area (Å²) >= 11 is 4.87. The monoisotopic (exact) mass is 288 g/mol. The molecular formula is C14H16N4OS. The van der Waals surface area contributed by atoms with Crippen LogP contribution in [-0.4, -0.2) is 28.1 Å². The average molecular weight is 288 g/mol. The normalized spacial score (nSPS) is 10.1. The largest absolute Gasteiger partial charge is 0.492 e. The smallest absolute Gasteiger partial charge is 0.223 e. The van der Waals surface area contributed by atoms with Crippen LogP contribution in [0.4, 0.5) is 5.95 Å². The molecule has 0 radical (unpaired) electrons. The maximum atomic E-state index is 5.62. The van der Waals surface area contributed by atoms with Crippen LogP contribution in [0.1, 0.15) is 11.3 Å². The molecule has 5 nitrogen and oxygen atoms in total. The molecule has 0 amide bonds. The van der Waals surface area contributed by atoms with E-state index < -0.39 is 0 Å². The summed E-state index contributed by atoms with van der Waals surface area (Å²) in [6.07, 6.45) is 1.62. The van der Waals surface area contributed by atoms with E-state index >= 15 is 0 Å². The van der Waals surface area contributed by atoms with Crippen LogP contribution >= 0.6 is 12.2 Å². The predicted octanol–water partition coefficient (Wildman–Crippen LogP) is 1.91. The van der Waals surface area contributed by atoms with Crippen molar-refractivity contribution in [2.24, 2.45) is 5.73 Å². The first-order chi connectivity index (χ1) is 9.65. The van der Waals surface area contributed by atoms with Gasteiger partial charge in [0.05, 0.1) is 6.54 Å². The molecule has 3 N–H and O–H groups in total. The molecule has 1 aromatic heterocycles. The Morgan fingerprint density at radius 3 is 3.00 bits per heavy atom. The molecule has 6 heteroatoms. The molecule has 0 spiro atoms. The van der Waals surface area contributed by atoms with Gasteiger partial charge in [-0.05, 0) is 30.7 Å². The van der Waals surface area contributed by atoms with Crippen molar-refractivity contribution >= 4 is 23.2 Å². The van der Waals surface area contributed by atoms with E-state index in [4.69, 9.17) is 22.7 Å². The van der Waals surface area contributed by atoms with E-state index in [0.717, 1.165) is 5.75 Å². The number of thiocarbonyl (C=S) groups is 1. The van der Waals surface area contributed by atoms with Crippen molar-refractivity contribution in [1.29, 1.82) is 0 Å². The van der Waals surface area contributed by atoms with Crippen LogP contribution in [0.25, 0.3) is 0 Å². The lowest BCUT2D eigenvalue weighted by atomic mass is 10.2. The van der Waals surface area contributed by atoms with Gasteiger partial charge in [-0.3, -0.25) is 0 Å². The minimum atomic E-state index is 0.256. The van der Waals surface area contributed by atoms with Crippen molar-refractivity contribution in [2.45, 2.75) is 6.92 Å². The lowest BCUT2D eigenvalue weighted by molar-refractivity contribution is 0.332. The van der Waals surface area contributed by atoms with Gasteiger partial charge in [-0.25, -0.2) is 9.97 Å². The van der Waals surface area contributed by atoms with E-state index in [1.54, 1.807) is 12.3 Å².